The highest BCUT2D eigenvalue weighted by atomic mass is 16.3. The maximum absolute atomic E-state index is 9.35. The van der Waals surface area contributed by atoms with Crippen molar-refractivity contribution in [3.63, 3.8) is 0 Å². The molecule has 0 amide bonds. The van der Waals surface area contributed by atoms with Gasteiger partial charge in [-0.3, -0.25) is 4.99 Å². The van der Waals surface area contributed by atoms with Gasteiger partial charge in [-0.05, 0) is 25.1 Å². The molecule has 0 spiro atoms. The van der Waals surface area contributed by atoms with Gasteiger partial charge < -0.3 is 10.8 Å². The fraction of sp³-hybridized carbons (Fsp3) is 0.300. The van der Waals surface area contributed by atoms with Crippen LogP contribution in [0.5, 0.6) is 5.75 Å². The molecule has 70 valence electrons. The van der Waals surface area contributed by atoms with Gasteiger partial charge in [0.15, 0.2) is 0 Å². The first-order valence-corrected chi connectivity index (χ1v) is 4.32. The van der Waals surface area contributed by atoms with E-state index in [1.165, 1.54) is 0 Å². The summed E-state index contributed by atoms with van der Waals surface area (Å²) in [6.07, 6.45) is 2.55. The Balaban J connectivity index is 2.53. The number of aromatic hydroxyl groups is 1. The number of aliphatic imine (C=N–C) groups is 1. The first kappa shape index (κ1) is 9.74. The summed E-state index contributed by atoms with van der Waals surface area (Å²) in [6, 6.07) is 7.11. The van der Waals surface area contributed by atoms with E-state index in [0.29, 0.717) is 13.1 Å². The van der Waals surface area contributed by atoms with Crippen molar-refractivity contribution in [2.24, 2.45) is 10.7 Å². The third-order valence-electron chi connectivity index (χ3n) is 1.66. The minimum Gasteiger partial charge on any atom is -0.507 e. The maximum atomic E-state index is 9.35. The van der Waals surface area contributed by atoms with Gasteiger partial charge in [0.05, 0.1) is 0 Å². The predicted molar refractivity (Wildman–Crippen MR) is 54.2 cm³/mol. The highest BCUT2D eigenvalue weighted by Gasteiger charge is 1.93. The summed E-state index contributed by atoms with van der Waals surface area (Å²) in [4.78, 5) is 4.13. The van der Waals surface area contributed by atoms with Crippen molar-refractivity contribution in [2.45, 2.75) is 6.42 Å². The van der Waals surface area contributed by atoms with E-state index in [1.807, 2.05) is 12.1 Å². The zero-order valence-corrected chi connectivity index (χ0v) is 7.48. The molecule has 0 bridgehead atoms. The number of phenolic OH excluding ortho intramolecular Hbond substituents is 1. The second-order valence-electron chi connectivity index (χ2n) is 2.74. The van der Waals surface area contributed by atoms with Crippen molar-refractivity contribution in [3.05, 3.63) is 29.8 Å². The number of para-hydroxylation sites is 1. The SMILES string of the molecule is NCCC/N=C/c1ccccc1O. The molecule has 1 aromatic rings. The number of nitrogens with zero attached hydrogens (tertiary/aromatic N) is 1. The fourth-order valence-corrected chi connectivity index (χ4v) is 0.942. The van der Waals surface area contributed by atoms with Gasteiger partial charge >= 0.3 is 0 Å². The van der Waals surface area contributed by atoms with Crippen LogP contribution in [0.4, 0.5) is 0 Å². The van der Waals surface area contributed by atoms with Crippen LogP contribution in [0.25, 0.3) is 0 Å². The molecule has 1 aromatic carbocycles. The van der Waals surface area contributed by atoms with Crippen LogP contribution >= 0.6 is 0 Å². The topological polar surface area (TPSA) is 58.6 Å². The Hall–Kier alpha value is -1.35. The van der Waals surface area contributed by atoms with E-state index in [4.69, 9.17) is 5.73 Å². The quantitative estimate of drug-likeness (QED) is 0.537. The second-order valence-corrected chi connectivity index (χ2v) is 2.74. The molecule has 0 saturated heterocycles. The predicted octanol–water partition coefficient (Wildman–Crippen LogP) is 1.16. The Kier molecular flexibility index (Phi) is 3.99. The normalized spacial score (nSPS) is 10.8. The highest BCUT2D eigenvalue weighted by Crippen LogP contribution is 2.12. The van der Waals surface area contributed by atoms with Gasteiger partial charge in [0.2, 0.25) is 0 Å². The Bertz CT molecular complexity index is 284. The van der Waals surface area contributed by atoms with Crippen molar-refractivity contribution < 1.29 is 5.11 Å². The van der Waals surface area contributed by atoms with Crippen molar-refractivity contribution in [1.29, 1.82) is 0 Å². The highest BCUT2D eigenvalue weighted by molar-refractivity contribution is 5.83. The van der Waals surface area contributed by atoms with Crippen molar-refractivity contribution in [1.82, 2.24) is 0 Å². The molecule has 3 N–H and O–H groups in total. The monoisotopic (exact) mass is 178 g/mol. The fourth-order valence-electron chi connectivity index (χ4n) is 0.942. The summed E-state index contributed by atoms with van der Waals surface area (Å²) in [6.45, 7) is 1.36. The Labute approximate surface area is 77.9 Å². The van der Waals surface area contributed by atoms with E-state index in [1.54, 1.807) is 18.3 Å². The van der Waals surface area contributed by atoms with Gasteiger partial charge in [-0.15, -0.1) is 0 Å². The number of nitrogens with two attached hydrogens (primary N) is 1. The number of rotatable bonds is 4. The minimum atomic E-state index is 0.263. The number of benzene rings is 1. The van der Waals surface area contributed by atoms with Gasteiger partial charge in [0, 0.05) is 18.3 Å². The van der Waals surface area contributed by atoms with Crippen molar-refractivity contribution in [2.75, 3.05) is 13.1 Å². The molecule has 0 aromatic heterocycles. The second kappa shape index (κ2) is 5.32. The molecule has 0 saturated carbocycles. The number of hydrogen-bond donors (Lipinski definition) is 2. The standard InChI is InChI=1S/C10H14N2O/c11-6-3-7-12-8-9-4-1-2-5-10(9)13/h1-2,4-5,8,13H,3,6-7,11H2/b12-8+. The minimum absolute atomic E-state index is 0.263. The van der Waals surface area contributed by atoms with Crippen LogP contribution in [0.1, 0.15) is 12.0 Å². The van der Waals surface area contributed by atoms with E-state index in [9.17, 15) is 5.11 Å². The molecule has 0 unspecified atom stereocenters. The third-order valence-corrected chi connectivity index (χ3v) is 1.66. The molecule has 0 aliphatic rings. The molecule has 3 heteroatoms. The molecule has 3 nitrogen and oxygen atoms in total. The molecule has 0 radical (unpaired) electrons. The van der Waals surface area contributed by atoms with Gasteiger partial charge in [-0.2, -0.15) is 0 Å². The van der Waals surface area contributed by atoms with Gasteiger partial charge in [-0.1, -0.05) is 12.1 Å². The largest absolute Gasteiger partial charge is 0.507 e. The van der Waals surface area contributed by atoms with E-state index < -0.39 is 0 Å². The molecule has 13 heavy (non-hydrogen) atoms. The average molecular weight is 178 g/mol. The molecule has 0 atom stereocenters. The lowest BCUT2D eigenvalue weighted by Gasteiger charge is -1.96. The zero-order chi connectivity index (χ0) is 9.52. The summed E-state index contributed by atoms with van der Waals surface area (Å²) < 4.78 is 0. The lowest BCUT2D eigenvalue weighted by Crippen LogP contribution is -2.00. The smallest absolute Gasteiger partial charge is 0.124 e. The summed E-state index contributed by atoms with van der Waals surface area (Å²) in [5.41, 5.74) is 6.06. The first-order valence-electron chi connectivity index (χ1n) is 4.32. The Morgan fingerprint density at radius 2 is 2.15 bits per heavy atom. The molecule has 1 rings (SSSR count). The Morgan fingerprint density at radius 3 is 2.85 bits per heavy atom. The zero-order valence-electron chi connectivity index (χ0n) is 7.48. The lowest BCUT2D eigenvalue weighted by molar-refractivity contribution is 0.474. The van der Waals surface area contributed by atoms with Crippen LogP contribution in [-0.4, -0.2) is 24.4 Å². The van der Waals surface area contributed by atoms with E-state index in [-0.39, 0.29) is 5.75 Å². The van der Waals surface area contributed by atoms with Crippen LogP contribution < -0.4 is 5.73 Å². The van der Waals surface area contributed by atoms with Gasteiger partial charge in [0.1, 0.15) is 5.75 Å². The van der Waals surface area contributed by atoms with Gasteiger partial charge in [0.25, 0.3) is 0 Å². The number of phenols is 1. The molecular formula is C10H14N2O. The summed E-state index contributed by atoms with van der Waals surface area (Å²) >= 11 is 0. The van der Waals surface area contributed by atoms with Crippen molar-refractivity contribution in [3.8, 4) is 5.75 Å². The first-order chi connectivity index (χ1) is 6.34. The van der Waals surface area contributed by atoms with E-state index in [0.717, 1.165) is 12.0 Å². The summed E-state index contributed by atoms with van der Waals surface area (Å²) in [5.74, 6) is 0.263. The van der Waals surface area contributed by atoms with E-state index >= 15 is 0 Å². The molecule has 0 fully saturated rings. The van der Waals surface area contributed by atoms with E-state index in [2.05, 4.69) is 4.99 Å². The maximum Gasteiger partial charge on any atom is 0.124 e. The van der Waals surface area contributed by atoms with Crippen molar-refractivity contribution >= 4 is 6.21 Å². The molecule has 0 aliphatic carbocycles. The Morgan fingerprint density at radius 1 is 1.38 bits per heavy atom. The van der Waals surface area contributed by atoms with Crippen LogP contribution in [0, 0.1) is 0 Å². The van der Waals surface area contributed by atoms with Crippen LogP contribution in [0.3, 0.4) is 0 Å². The molecular weight excluding hydrogens is 164 g/mol. The summed E-state index contributed by atoms with van der Waals surface area (Å²) in [7, 11) is 0. The van der Waals surface area contributed by atoms with Crippen LogP contribution in [0.2, 0.25) is 0 Å². The number of hydrogen-bond acceptors (Lipinski definition) is 3. The average Bonchev–Trinajstić information content (AvgIpc) is 2.15. The van der Waals surface area contributed by atoms with Crippen LogP contribution in [0.15, 0.2) is 29.3 Å². The lowest BCUT2D eigenvalue weighted by atomic mass is 10.2. The summed E-state index contributed by atoms with van der Waals surface area (Å²) in [5, 5.41) is 9.35. The third kappa shape index (κ3) is 3.25. The van der Waals surface area contributed by atoms with Gasteiger partial charge in [-0.25, -0.2) is 0 Å². The molecule has 0 heterocycles. The molecule has 0 aliphatic heterocycles. The van der Waals surface area contributed by atoms with Crippen LogP contribution in [-0.2, 0) is 0 Å².